The van der Waals surface area contributed by atoms with Gasteiger partial charge in [-0.2, -0.15) is 0 Å². The molecule has 104 valence electrons. The minimum atomic E-state index is -0.153. The molecule has 0 bridgehead atoms. The van der Waals surface area contributed by atoms with Crippen LogP contribution in [-0.2, 0) is 11.2 Å². The minimum absolute atomic E-state index is 0.153. The Hall–Kier alpha value is -2.01. The zero-order valence-electron chi connectivity index (χ0n) is 10.9. The normalized spacial score (nSPS) is 10.1. The predicted octanol–water partition coefficient (Wildman–Crippen LogP) is 3.34. The number of aromatic hydroxyl groups is 1. The Labute approximate surface area is 125 Å². The van der Waals surface area contributed by atoms with E-state index in [4.69, 9.17) is 4.74 Å². The monoisotopic (exact) mass is 335 g/mol. The molecule has 5 heteroatoms. The molecule has 0 spiro atoms. The van der Waals surface area contributed by atoms with Gasteiger partial charge in [-0.15, -0.1) is 0 Å². The quantitative estimate of drug-likeness (QED) is 0.900. The fourth-order valence-electron chi connectivity index (χ4n) is 1.79. The smallest absolute Gasteiger partial charge is 0.228 e. The Morgan fingerprint density at radius 2 is 2.10 bits per heavy atom. The average Bonchev–Trinajstić information content (AvgIpc) is 2.41. The van der Waals surface area contributed by atoms with Gasteiger partial charge in [-0.3, -0.25) is 4.79 Å². The van der Waals surface area contributed by atoms with Crippen LogP contribution in [0.3, 0.4) is 0 Å². The van der Waals surface area contributed by atoms with Gasteiger partial charge in [0.1, 0.15) is 11.5 Å². The standard InChI is InChI=1S/C15H14BrNO3/c1-20-14-9-11(5-6-13(14)16)17-15(19)8-10-3-2-4-12(18)7-10/h2-7,9,18H,8H2,1H3,(H,17,19). The van der Waals surface area contributed by atoms with E-state index in [0.717, 1.165) is 10.0 Å². The molecule has 0 aliphatic rings. The highest BCUT2D eigenvalue weighted by Crippen LogP contribution is 2.27. The van der Waals surface area contributed by atoms with Crippen molar-refractivity contribution in [1.82, 2.24) is 0 Å². The van der Waals surface area contributed by atoms with Gasteiger partial charge < -0.3 is 15.2 Å². The van der Waals surface area contributed by atoms with Crippen LogP contribution in [0.4, 0.5) is 5.69 Å². The molecular formula is C15H14BrNO3. The van der Waals surface area contributed by atoms with Crippen LogP contribution in [0.5, 0.6) is 11.5 Å². The van der Waals surface area contributed by atoms with Gasteiger partial charge >= 0.3 is 0 Å². The SMILES string of the molecule is COc1cc(NC(=O)Cc2cccc(O)c2)ccc1Br. The van der Waals surface area contributed by atoms with Gasteiger partial charge in [0.05, 0.1) is 18.0 Å². The fourth-order valence-corrected chi connectivity index (χ4v) is 2.20. The summed E-state index contributed by atoms with van der Waals surface area (Å²) >= 11 is 3.35. The zero-order valence-corrected chi connectivity index (χ0v) is 12.5. The summed E-state index contributed by atoms with van der Waals surface area (Å²) in [5.74, 6) is 0.653. The Bertz CT molecular complexity index is 628. The Balaban J connectivity index is 2.04. The molecule has 0 fully saturated rings. The molecule has 0 atom stereocenters. The van der Waals surface area contributed by atoms with Crippen LogP contribution in [0.1, 0.15) is 5.56 Å². The van der Waals surface area contributed by atoms with Gasteiger partial charge in [0, 0.05) is 11.8 Å². The molecule has 0 aliphatic heterocycles. The lowest BCUT2D eigenvalue weighted by Gasteiger charge is -2.08. The first-order valence-corrected chi connectivity index (χ1v) is 6.79. The van der Waals surface area contributed by atoms with E-state index in [-0.39, 0.29) is 18.1 Å². The van der Waals surface area contributed by atoms with Crippen molar-refractivity contribution in [3.63, 3.8) is 0 Å². The van der Waals surface area contributed by atoms with Gasteiger partial charge in [0.25, 0.3) is 0 Å². The molecular weight excluding hydrogens is 322 g/mol. The number of phenols is 1. The number of methoxy groups -OCH3 is 1. The highest BCUT2D eigenvalue weighted by Gasteiger charge is 2.07. The van der Waals surface area contributed by atoms with Gasteiger partial charge in [-0.1, -0.05) is 12.1 Å². The minimum Gasteiger partial charge on any atom is -0.508 e. The summed E-state index contributed by atoms with van der Waals surface area (Å²) in [6.07, 6.45) is 0.201. The summed E-state index contributed by atoms with van der Waals surface area (Å²) in [6, 6.07) is 12.0. The molecule has 2 rings (SSSR count). The lowest BCUT2D eigenvalue weighted by Crippen LogP contribution is -2.14. The summed E-state index contributed by atoms with van der Waals surface area (Å²) in [6.45, 7) is 0. The number of hydrogen-bond acceptors (Lipinski definition) is 3. The van der Waals surface area contributed by atoms with E-state index in [1.807, 2.05) is 6.07 Å². The number of anilines is 1. The summed E-state index contributed by atoms with van der Waals surface area (Å²) in [4.78, 5) is 11.9. The maximum Gasteiger partial charge on any atom is 0.228 e. The van der Waals surface area contributed by atoms with Gasteiger partial charge in [0.15, 0.2) is 0 Å². The first kappa shape index (κ1) is 14.4. The maximum absolute atomic E-state index is 11.9. The van der Waals surface area contributed by atoms with Gasteiger partial charge in [-0.25, -0.2) is 0 Å². The highest BCUT2D eigenvalue weighted by molar-refractivity contribution is 9.10. The molecule has 2 aromatic carbocycles. The molecule has 1 amide bonds. The summed E-state index contributed by atoms with van der Waals surface area (Å²) < 4.78 is 5.99. The predicted molar refractivity (Wildman–Crippen MR) is 81.1 cm³/mol. The second kappa shape index (κ2) is 6.43. The number of phenolic OH excluding ortho intramolecular Hbond substituents is 1. The van der Waals surface area contributed by atoms with Crippen molar-refractivity contribution in [3.8, 4) is 11.5 Å². The molecule has 0 saturated heterocycles. The molecule has 0 aromatic heterocycles. The van der Waals surface area contributed by atoms with Crippen molar-refractivity contribution >= 4 is 27.5 Å². The largest absolute Gasteiger partial charge is 0.508 e. The molecule has 4 nitrogen and oxygen atoms in total. The van der Waals surface area contributed by atoms with Crippen molar-refractivity contribution in [2.75, 3.05) is 12.4 Å². The molecule has 2 aromatic rings. The van der Waals surface area contributed by atoms with E-state index >= 15 is 0 Å². The topological polar surface area (TPSA) is 58.6 Å². The first-order valence-electron chi connectivity index (χ1n) is 6.00. The van der Waals surface area contributed by atoms with Crippen LogP contribution in [0.2, 0.25) is 0 Å². The third kappa shape index (κ3) is 3.74. The van der Waals surface area contributed by atoms with Gasteiger partial charge in [0.2, 0.25) is 5.91 Å². The maximum atomic E-state index is 11.9. The number of rotatable bonds is 4. The van der Waals surface area contributed by atoms with E-state index in [2.05, 4.69) is 21.2 Å². The van der Waals surface area contributed by atoms with Crippen LogP contribution in [0.25, 0.3) is 0 Å². The number of carbonyl (C=O) groups is 1. The molecule has 20 heavy (non-hydrogen) atoms. The summed E-state index contributed by atoms with van der Waals surface area (Å²) in [5.41, 5.74) is 1.42. The van der Waals surface area contributed by atoms with E-state index < -0.39 is 0 Å². The van der Waals surface area contributed by atoms with Crippen molar-refractivity contribution in [2.45, 2.75) is 6.42 Å². The molecule has 0 saturated carbocycles. The second-order valence-electron chi connectivity index (χ2n) is 4.24. The molecule has 2 N–H and O–H groups in total. The number of benzene rings is 2. The lowest BCUT2D eigenvalue weighted by molar-refractivity contribution is -0.115. The van der Waals surface area contributed by atoms with Crippen LogP contribution in [-0.4, -0.2) is 18.1 Å². The molecule has 0 unspecified atom stereocenters. The van der Waals surface area contributed by atoms with E-state index in [1.54, 1.807) is 43.5 Å². The number of carbonyl (C=O) groups excluding carboxylic acids is 1. The Morgan fingerprint density at radius 1 is 1.30 bits per heavy atom. The third-order valence-corrected chi connectivity index (χ3v) is 3.37. The number of nitrogens with one attached hydrogen (secondary N) is 1. The first-order chi connectivity index (χ1) is 9.58. The number of halogens is 1. The number of hydrogen-bond donors (Lipinski definition) is 2. The Morgan fingerprint density at radius 3 is 2.80 bits per heavy atom. The number of amides is 1. The highest BCUT2D eigenvalue weighted by atomic mass is 79.9. The van der Waals surface area contributed by atoms with Crippen LogP contribution < -0.4 is 10.1 Å². The zero-order chi connectivity index (χ0) is 14.5. The van der Waals surface area contributed by atoms with Crippen LogP contribution in [0, 0.1) is 0 Å². The van der Waals surface area contributed by atoms with Crippen molar-refractivity contribution < 1.29 is 14.6 Å². The second-order valence-corrected chi connectivity index (χ2v) is 5.10. The van der Waals surface area contributed by atoms with Crippen molar-refractivity contribution in [1.29, 1.82) is 0 Å². The summed E-state index contributed by atoms with van der Waals surface area (Å²) in [5, 5.41) is 12.2. The fraction of sp³-hybridized carbons (Fsp3) is 0.133. The van der Waals surface area contributed by atoms with Crippen LogP contribution in [0.15, 0.2) is 46.9 Å². The lowest BCUT2D eigenvalue weighted by atomic mass is 10.1. The molecule has 0 aliphatic carbocycles. The van der Waals surface area contributed by atoms with E-state index in [9.17, 15) is 9.90 Å². The molecule has 0 radical (unpaired) electrons. The summed E-state index contributed by atoms with van der Waals surface area (Å²) in [7, 11) is 1.57. The molecule has 0 heterocycles. The van der Waals surface area contributed by atoms with Crippen LogP contribution >= 0.6 is 15.9 Å². The third-order valence-electron chi connectivity index (χ3n) is 2.71. The van der Waals surface area contributed by atoms with Gasteiger partial charge in [-0.05, 0) is 45.8 Å². The number of ether oxygens (including phenoxy) is 1. The Kier molecular flexibility index (Phi) is 4.63. The van der Waals surface area contributed by atoms with E-state index in [1.165, 1.54) is 0 Å². The van der Waals surface area contributed by atoms with Crippen molar-refractivity contribution in [3.05, 3.63) is 52.5 Å². The average molecular weight is 336 g/mol. The van der Waals surface area contributed by atoms with E-state index in [0.29, 0.717) is 11.4 Å². The van der Waals surface area contributed by atoms with Crippen molar-refractivity contribution in [2.24, 2.45) is 0 Å².